The molecule has 118 valence electrons. The van der Waals surface area contributed by atoms with Crippen LogP contribution in [0, 0.1) is 16.6 Å². The van der Waals surface area contributed by atoms with Crippen LogP contribution in [0.15, 0.2) is 35.5 Å². The fraction of sp³-hybridized carbons (Fsp3) is 0.389. The Balaban J connectivity index is 1.77. The molecule has 0 saturated heterocycles. The van der Waals surface area contributed by atoms with E-state index in [0.29, 0.717) is 10.9 Å². The predicted octanol–water partition coefficient (Wildman–Crippen LogP) is 5.66. The summed E-state index contributed by atoms with van der Waals surface area (Å²) in [6.45, 7) is 2.34. The van der Waals surface area contributed by atoms with Crippen LogP contribution in [0.5, 0.6) is 0 Å². The van der Waals surface area contributed by atoms with Crippen LogP contribution in [-0.4, -0.2) is 9.97 Å². The zero-order chi connectivity index (χ0) is 16.2. The molecular weight excluding hydrogens is 326 g/mol. The van der Waals surface area contributed by atoms with Gasteiger partial charge in [-0.3, -0.25) is 0 Å². The molecule has 1 aliphatic rings. The molecule has 0 radical (unpaired) electrons. The second-order valence-corrected chi connectivity index (χ2v) is 7.25. The Morgan fingerprint density at radius 2 is 1.87 bits per heavy atom. The van der Waals surface area contributed by atoms with Gasteiger partial charge >= 0.3 is 0 Å². The molecule has 0 N–H and O–H groups in total. The number of nitrogens with zero attached hydrogens (tertiary/aromatic N) is 3. The zero-order valence-corrected chi connectivity index (χ0v) is 14.6. The minimum atomic E-state index is 0.277. The van der Waals surface area contributed by atoms with E-state index in [1.807, 2.05) is 5.40 Å². The second kappa shape index (κ2) is 7.33. The molecule has 1 aromatic carbocycles. The lowest BCUT2D eigenvalue weighted by Crippen LogP contribution is -2.10. The van der Waals surface area contributed by atoms with E-state index in [1.54, 1.807) is 6.20 Å². The van der Waals surface area contributed by atoms with E-state index in [4.69, 9.17) is 16.9 Å². The Hall–Kier alpha value is -1.57. The maximum absolute atomic E-state index is 8.69. The number of aromatic nitrogens is 2. The number of hydrogen-bond acceptors (Lipinski definition) is 4. The van der Waals surface area contributed by atoms with Crippen LogP contribution in [0.4, 0.5) is 0 Å². The fourth-order valence-corrected chi connectivity index (χ4v) is 3.70. The van der Waals surface area contributed by atoms with Gasteiger partial charge in [0.1, 0.15) is 10.4 Å². The molecule has 0 aliphatic heterocycles. The highest BCUT2D eigenvalue weighted by atomic mass is 35.5. The summed E-state index contributed by atoms with van der Waals surface area (Å²) in [5.74, 6) is 1.55. The lowest BCUT2D eigenvalue weighted by Gasteiger charge is -2.26. The normalized spacial score (nSPS) is 20.9. The highest BCUT2D eigenvalue weighted by Crippen LogP contribution is 2.36. The summed E-state index contributed by atoms with van der Waals surface area (Å²) >= 11 is 7.01. The van der Waals surface area contributed by atoms with E-state index in [0.717, 1.165) is 28.9 Å². The molecule has 1 heterocycles. The molecule has 3 rings (SSSR count). The molecule has 0 amide bonds. The van der Waals surface area contributed by atoms with Crippen molar-refractivity contribution in [2.24, 2.45) is 5.92 Å². The molecule has 0 spiro atoms. The van der Waals surface area contributed by atoms with E-state index in [9.17, 15) is 0 Å². The molecule has 2 aromatic rings. The van der Waals surface area contributed by atoms with Gasteiger partial charge in [0.15, 0.2) is 5.15 Å². The number of nitriles is 1. The topological polar surface area (TPSA) is 49.6 Å². The average Bonchev–Trinajstić information content (AvgIpc) is 2.58. The van der Waals surface area contributed by atoms with E-state index >= 15 is 0 Å². The zero-order valence-electron chi connectivity index (χ0n) is 13.0. The minimum Gasteiger partial charge on any atom is -0.243 e. The van der Waals surface area contributed by atoms with Gasteiger partial charge in [0.05, 0.1) is 11.9 Å². The van der Waals surface area contributed by atoms with Crippen molar-refractivity contribution in [3.8, 4) is 16.7 Å². The Kier molecular flexibility index (Phi) is 5.20. The molecule has 0 bridgehead atoms. The third kappa shape index (κ3) is 3.85. The summed E-state index contributed by atoms with van der Waals surface area (Å²) < 4.78 is 0. The average molecular weight is 344 g/mol. The van der Waals surface area contributed by atoms with Gasteiger partial charge in [0, 0.05) is 17.3 Å². The fourth-order valence-electron chi connectivity index (χ4n) is 3.13. The third-order valence-corrected chi connectivity index (χ3v) is 5.49. The van der Waals surface area contributed by atoms with Crippen molar-refractivity contribution < 1.29 is 0 Å². The van der Waals surface area contributed by atoms with Gasteiger partial charge in [-0.1, -0.05) is 55.6 Å². The Morgan fingerprint density at radius 1 is 1.17 bits per heavy atom. The van der Waals surface area contributed by atoms with Crippen molar-refractivity contribution >= 4 is 23.4 Å². The third-order valence-electron chi connectivity index (χ3n) is 4.54. The summed E-state index contributed by atoms with van der Waals surface area (Å²) in [5.41, 5.74) is 3.15. The Bertz CT molecular complexity index is 716. The number of benzene rings is 1. The van der Waals surface area contributed by atoms with E-state index in [2.05, 4.69) is 41.2 Å². The summed E-state index contributed by atoms with van der Waals surface area (Å²) in [6, 6.07) is 8.57. The Labute approximate surface area is 146 Å². The van der Waals surface area contributed by atoms with Crippen LogP contribution < -0.4 is 0 Å². The maximum Gasteiger partial charge on any atom is 0.162 e. The molecule has 0 atom stereocenters. The van der Waals surface area contributed by atoms with Crippen LogP contribution >= 0.6 is 23.4 Å². The summed E-state index contributed by atoms with van der Waals surface area (Å²) in [4.78, 5) is 8.56. The number of halogens is 1. The molecular formula is C18H18ClN3S. The molecule has 1 saturated carbocycles. The summed E-state index contributed by atoms with van der Waals surface area (Å²) in [7, 11) is 0. The van der Waals surface area contributed by atoms with Crippen LogP contribution in [0.2, 0.25) is 5.15 Å². The molecule has 5 heteroatoms. The van der Waals surface area contributed by atoms with E-state index in [1.165, 1.54) is 31.2 Å². The van der Waals surface area contributed by atoms with Crippen molar-refractivity contribution in [3.63, 3.8) is 0 Å². The standard InChI is InChI=1S/C18H18ClN3S/c1-12-2-4-13(5-3-12)14-6-8-15(9-7-14)16-10-21-18(23-11-20)17(19)22-16/h6-10,12-13H,2-5H2,1H3. The number of thioether (sulfide) groups is 1. The monoisotopic (exact) mass is 343 g/mol. The van der Waals surface area contributed by atoms with Gasteiger partial charge in [-0.2, -0.15) is 5.26 Å². The molecule has 1 aromatic heterocycles. The van der Waals surface area contributed by atoms with Crippen LogP contribution in [0.25, 0.3) is 11.3 Å². The van der Waals surface area contributed by atoms with E-state index < -0.39 is 0 Å². The number of thiocyanates is 1. The van der Waals surface area contributed by atoms with Crippen molar-refractivity contribution in [3.05, 3.63) is 41.2 Å². The van der Waals surface area contributed by atoms with Gasteiger partial charge in [0.2, 0.25) is 0 Å². The smallest absolute Gasteiger partial charge is 0.162 e. The van der Waals surface area contributed by atoms with Crippen LogP contribution in [0.3, 0.4) is 0 Å². The first-order valence-corrected chi connectivity index (χ1v) is 9.05. The predicted molar refractivity (Wildman–Crippen MR) is 94.3 cm³/mol. The highest BCUT2D eigenvalue weighted by Gasteiger charge is 2.19. The molecule has 3 nitrogen and oxygen atoms in total. The van der Waals surface area contributed by atoms with E-state index in [-0.39, 0.29) is 5.15 Å². The first-order chi connectivity index (χ1) is 11.2. The summed E-state index contributed by atoms with van der Waals surface area (Å²) in [6.07, 6.45) is 6.89. The van der Waals surface area contributed by atoms with Crippen LogP contribution in [0.1, 0.15) is 44.1 Å². The van der Waals surface area contributed by atoms with Crippen LogP contribution in [-0.2, 0) is 0 Å². The van der Waals surface area contributed by atoms with Gasteiger partial charge < -0.3 is 0 Å². The lowest BCUT2D eigenvalue weighted by molar-refractivity contribution is 0.348. The quantitative estimate of drug-likeness (QED) is 0.532. The molecule has 23 heavy (non-hydrogen) atoms. The van der Waals surface area contributed by atoms with Gasteiger partial charge in [-0.15, -0.1) is 0 Å². The number of rotatable bonds is 3. The lowest BCUT2D eigenvalue weighted by atomic mass is 9.79. The largest absolute Gasteiger partial charge is 0.243 e. The van der Waals surface area contributed by atoms with Crippen molar-refractivity contribution in [1.29, 1.82) is 5.26 Å². The maximum atomic E-state index is 8.69. The SMILES string of the molecule is CC1CCC(c2ccc(-c3cnc(SC#N)c(Cl)n3)cc2)CC1. The minimum absolute atomic E-state index is 0.277. The first-order valence-electron chi connectivity index (χ1n) is 7.86. The van der Waals surface area contributed by atoms with Crippen molar-refractivity contribution in [2.75, 3.05) is 0 Å². The molecule has 1 fully saturated rings. The van der Waals surface area contributed by atoms with Gasteiger partial charge in [-0.25, -0.2) is 9.97 Å². The molecule has 1 aliphatic carbocycles. The van der Waals surface area contributed by atoms with Gasteiger partial charge in [-0.05, 0) is 30.2 Å². The summed E-state index contributed by atoms with van der Waals surface area (Å²) in [5, 5.41) is 11.4. The number of hydrogen-bond donors (Lipinski definition) is 0. The second-order valence-electron chi connectivity index (χ2n) is 6.12. The highest BCUT2D eigenvalue weighted by molar-refractivity contribution is 8.03. The van der Waals surface area contributed by atoms with Crippen molar-refractivity contribution in [1.82, 2.24) is 9.97 Å². The molecule has 0 unspecified atom stereocenters. The first kappa shape index (κ1) is 16.3. The Morgan fingerprint density at radius 3 is 2.48 bits per heavy atom. The van der Waals surface area contributed by atoms with Gasteiger partial charge in [0.25, 0.3) is 0 Å². The van der Waals surface area contributed by atoms with Crippen molar-refractivity contribution in [2.45, 2.75) is 43.6 Å².